The lowest BCUT2D eigenvalue weighted by molar-refractivity contribution is 0.0325. The number of hydrogen-bond acceptors (Lipinski definition) is 7. The molecule has 2 aromatic heterocycles. The quantitative estimate of drug-likeness (QED) is 0.823. The van der Waals surface area contributed by atoms with Crippen LogP contribution in [-0.4, -0.2) is 33.2 Å². The molecule has 0 aliphatic rings. The van der Waals surface area contributed by atoms with Crippen LogP contribution in [0.2, 0.25) is 0 Å². The minimum atomic E-state index is -0.513. The third kappa shape index (κ3) is 3.64. The van der Waals surface area contributed by atoms with Crippen molar-refractivity contribution in [2.24, 2.45) is 0 Å². The highest BCUT2D eigenvalue weighted by atomic mass is 32.1. The Morgan fingerprint density at radius 2 is 2.19 bits per heavy atom. The van der Waals surface area contributed by atoms with Crippen LogP contribution >= 0.6 is 11.3 Å². The fraction of sp³-hybridized carbons (Fsp3) is 0.538. The Morgan fingerprint density at radius 1 is 1.43 bits per heavy atom. The van der Waals surface area contributed by atoms with Gasteiger partial charge in [0.25, 0.3) is 0 Å². The van der Waals surface area contributed by atoms with E-state index in [4.69, 9.17) is 9.47 Å². The van der Waals surface area contributed by atoms with Gasteiger partial charge in [-0.05, 0) is 13.8 Å². The first-order valence-corrected chi connectivity index (χ1v) is 7.44. The van der Waals surface area contributed by atoms with E-state index in [0.29, 0.717) is 23.0 Å². The average molecular weight is 310 g/mol. The van der Waals surface area contributed by atoms with Crippen LogP contribution in [-0.2, 0) is 22.5 Å². The number of H-pyrrole nitrogens is 1. The van der Waals surface area contributed by atoms with Crippen molar-refractivity contribution in [2.75, 3.05) is 7.11 Å². The molecule has 0 aliphatic carbocycles. The fourth-order valence-electron chi connectivity index (χ4n) is 1.74. The Kier molecular flexibility index (Phi) is 5.03. The number of aryl methyl sites for hydroxylation is 2. The summed E-state index contributed by atoms with van der Waals surface area (Å²) in [6.07, 6.45) is 0.239. The second-order valence-electron chi connectivity index (χ2n) is 4.50. The summed E-state index contributed by atoms with van der Waals surface area (Å²) in [7, 11) is 1.59. The first-order chi connectivity index (χ1) is 10.0. The van der Waals surface area contributed by atoms with Crippen molar-refractivity contribution >= 4 is 17.3 Å². The molecule has 0 bridgehead atoms. The van der Waals surface area contributed by atoms with Crippen LogP contribution in [0.5, 0.6) is 0 Å². The smallest absolute Gasteiger partial charge is 0.350 e. The van der Waals surface area contributed by atoms with E-state index < -0.39 is 12.1 Å². The molecule has 8 heteroatoms. The molecule has 7 nitrogen and oxygen atoms in total. The molecule has 21 heavy (non-hydrogen) atoms. The van der Waals surface area contributed by atoms with Gasteiger partial charge in [-0.1, -0.05) is 6.92 Å². The molecular formula is C13H18N4O3S. The molecule has 2 heterocycles. The summed E-state index contributed by atoms with van der Waals surface area (Å²) in [6.45, 7) is 5.87. The van der Waals surface area contributed by atoms with E-state index in [1.165, 1.54) is 11.3 Å². The van der Waals surface area contributed by atoms with Gasteiger partial charge in [0.05, 0.1) is 12.3 Å². The number of nitrogens with one attached hydrogen (secondary N) is 1. The standard InChI is InChI=1S/C13H18N4O3S/c1-5-9-15-12(17-16-9)8(3)20-13(18)11-7(2)14-10(21-11)6-19-4/h8H,5-6H2,1-4H3,(H,15,16,17)/t8-/m1/s1. The lowest BCUT2D eigenvalue weighted by Gasteiger charge is -2.08. The first-order valence-electron chi connectivity index (χ1n) is 6.62. The Labute approximate surface area is 126 Å². The number of rotatable bonds is 6. The molecule has 0 fully saturated rings. The van der Waals surface area contributed by atoms with Crippen molar-refractivity contribution in [3.63, 3.8) is 0 Å². The van der Waals surface area contributed by atoms with E-state index in [-0.39, 0.29) is 0 Å². The van der Waals surface area contributed by atoms with Crippen molar-refractivity contribution in [1.29, 1.82) is 0 Å². The van der Waals surface area contributed by atoms with Gasteiger partial charge in [-0.25, -0.2) is 14.8 Å². The summed E-state index contributed by atoms with van der Waals surface area (Å²) in [5, 5.41) is 7.60. The van der Waals surface area contributed by atoms with Gasteiger partial charge in [0, 0.05) is 13.5 Å². The van der Waals surface area contributed by atoms with Gasteiger partial charge in [0.2, 0.25) is 0 Å². The second-order valence-corrected chi connectivity index (χ2v) is 5.58. The molecule has 0 unspecified atom stereocenters. The van der Waals surface area contributed by atoms with Crippen LogP contribution in [0, 0.1) is 6.92 Å². The molecule has 0 radical (unpaired) electrons. The Morgan fingerprint density at radius 3 is 2.81 bits per heavy atom. The first kappa shape index (κ1) is 15.6. The predicted molar refractivity (Wildman–Crippen MR) is 77.2 cm³/mol. The van der Waals surface area contributed by atoms with E-state index >= 15 is 0 Å². The van der Waals surface area contributed by atoms with Crippen LogP contribution in [0.4, 0.5) is 0 Å². The third-order valence-electron chi connectivity index (χ3n) is 2.83. The molecule has 0 aliphatic heterocycles. The topological polar surface area (TPSA) is 90.0 Å². The summed E-state index contributed by atoms with van der Waals surface area (Å²) < 4.78 is 10.4. The van der Waals surface area contributed by atoms with Gasteiger partial charge in [0.1, 0.15) is 15.7 Å². The van der Waals surface area contributed by atoms with Crippen molar-refractivity contribution in [2.45, 2.75) is 39.9 Å². The predicted octanol–water partition coefficient (Wildman–Crippen LogP) is 2.20. The van der Waals surface area contributed by atoms with Gasteiger partial charge >= 0.3 is 5.97 Å². The summed E-state index contributed by atoms with van der Waals surface area (Å²) in [5.41, 5.74) is 0.647. The molecule has 1 atom stereocenters. The summed E-state index contributed by atoms with van der Waals surface area (Å²) in [4.78, 5) is 21.2. The largest absolute Gasteiger partial charge is 0.450 e. The second kappa shape index (κ2) is 6.77. The molecular weight excluding hydrogens is 292 g/mol. The molecule has 1 N–H and O–H groups in total. The van der Waals surface area contributed by atoms with Gasteiger partial charge < -0.3 is 9.47 Å². The maximum absolute atomic E-state index is 12.2. The average Bonchev–Trinajstić information content (AvgIpc) is 3.05. The van der Waals surface area contributed by atoms with Crippen LogP contribution in [0.15, 0.2) is 0 Å². The summed E-state index contributed by atoms with van der Waals surface area (Å²) in [6, 6.07) is 0. The number of ether oxygens (including phenoxy) is 2. The van der Waals surface area contributed by atoms with Gasteiger partial charge in [-0.15, -0.1) is 11.3 Å². The number of aromatic nitrogens is 4. The highest BCUT2D eigenvalue weighted by Gasteiger charge is 2.21. The monoisotopic (exact) mass is 310 g/mol. The molecule has 0 aromatic carbocycles. The molecule has 0 spiro atoms. The molecule has 114 valence electrons. The summed E-state index contributed by atoms with van der Waals surface area (Å²) >= 11 is 1.28. The number of methoxy groups -OCH3 is 1. The van der Waals surface area contributed by atoms with E-state index in [9.17, 15) is 4.79 Å². The van der Waals surface area contributed by atoms with Crippen LogP contribution in [0.25, 0.3) is 0 Å². The number of aromatic amines is 1. The highest BCUT2D eigenvalue weighted by Crippen LogP contribution is 2.22. The molecule has 2 rings (SSSR count). The van der Waals surface area contributed by atoms with Gasteiger partial charge in [-0.3, -0.25) is 5.10 Å². The number of thiazole rings is 1. The Balaban J connectivity index is 2.06. The van der Waals surface area contributed by atoms with Crippen molar-refractivity contribution < 1.29 is 14.3 Å². The zero-order chi connectivity index (χ0) is 15.4. The van der Waals surface area contributed by atoms with Crippen molar-refractivity contribution in [3.05, 3.63) is 27.2 Å². The van der Waals surface area contributed by atoms with Gasteiger partial charge in [0.15, 0.2) is 11.9 Å². The Bertz CT molecular complexity index is 623. The number of hydrogen-bond donors (Lipinski definition) is 1. The molecule has 0 amide bonds. The van der Waals surface area contributed by atoms with E-state index in [1.54, 1.807) is 21.0 Å². The number of carbonyl (C=O) groups excluding carboxylic acids is 1. The number of esters is 1. The maximum atomic E-state index is 12.2. The number of nitrogens with zero attached hydrogens (tertiary/aromatic N) is 3. The lowest BCUT2D eigenvalue weighted by Crippen LogP contribution is -2.10. The zero-order valence-corrected chi connectivity index (χ0v) is 13.3. The fourth-order valence-corrected chi connectivity index (χ4v) is 2.66. The van der Waals surface area contributed by atoms with Crippen molar-refractivity contribution in [3.8, 4) is 0 Å². The van der Waals surface area contributed by atoms with Crippen molar-refractivity contribution in [1.82, 2.24) is 20.2 Å². The Hall–Kier alpha value is -1.80. The summed E-state index contributed by atoms with van der Waals surface area (Å²) in [5.74, 6) is 0.825. The number of carbonyl (C=O) groups is 1. The normalized spacial score (nSPS) is 12.4. The highest BCUT2D eigenvalue weighted by molar-refractivity contribution is 7.13. The lowest BCUT2D eigenvalue weighted by atomic mass is 10.3. The van der Waals surface area contributed by atoms with E-state index in [2.05, 4.69) is 20.2 Å². The molecule has 0 saturated carbocycles. The van der Waals surface area contributed by atoms with Gasteiger partial charge in [-0.2, -0.15) is 5.10 Å². The maximum Gasteiger partial charge on any atom is 0.350 e. The third-order valence-corrected chi connectivity index (χ3v) is 3.94. The van der Waals surface area contributed by atoms with E-state index in [0.717, 1.165) is 17.3 Å². The van der Waals surface area contributed by atoms with E-state index in [1.807, 2.05) is 6.92 Å². The van der Waals surface area contributed by atoms with Crippen LogP contribution in [0.1, 0.15) is 52.0 Å². The molecule has 2 aromatic rings. The van der Waals surface area contributed by atoms with Crippen LogP contribution in [0.3, 0.4) is 0 Å². The SMILES string of the molecule is CCc1nc([C@@H](C)OC(=O)c2sc(COC)nc2C)n[nH]1. The minimum absolute atomic E-state index is 0.384. The molecule has 0 saturated heterocycles. The zero-order valence-electron chi connectivity index (χ0n) is 12.5. The van der Waals surface area contributed by atoms with Crippen LogP contribution < -0.4 is 0 Å². The minimum Gasteiger partial charge on any atom is -0.450 e.